The summed E-state index contributed by atoms with van der Waals surface area (Å²) in [7, 11) is 4.87. The molecule has 6 heteroatoms. The van der Waals surface area contributed by atoms with Crippen LogP contribution in [0.5, 0.6) is 11.5 Å². The molecule has 0 atom stereocenters. The molecule has 3 rings (SSSR count). The lowest BCUT2D eigenvalue weighted by Crippen LogP contribution is -2.23. The third-order valence-electron chi connectivity index (χ3n) is 4.75. The number of methoxy groups -OCH3 is 2. The smallest absolute Gasteiger partial charge is 0.349 e. The van der Waals surface area contributed by atoms with Crippen LogP contribution >= 0.6 is 0 Å². The van der Waals surface area contributed by atoms with Crippen LogP contribution in [-0.4, -0.2) is 23.8 Å². The van der Waals surface area contributed by atoms with Gasteiger partial charge in [0, 0.05) is 24.4 Å². The van der Waals surface area contributed by atoms with E-state index in [9.17, 15) is 4.79 Å². The maximum Gasteiger partial charge on any atom is 0.349 e. The zero-order valence-electron chi connectivity index (χ0n) is 17.1. The van der Waals surface area contributed by atoms with Crippen molar-refractivity contribution >= 4 is 11.5 Å². The van der Waals surface area contributed by atoms with Gasteiger partial charge in [-0.3, -0.25) is 4.57 Å². The Labute approximate surface area is 164 Å². The van der Waals surface area contributed by atoms with E-state index in [1.165, 1.54) is 10.1 Å². The van der Waals surface area contributed by atoms with Gasteiger partial charge >= 0.3 is 5.69 Å². The van der Waals surface area contributed by atoms with Crippen molar-refractivity contribution in [2.75, 3.05) is 19.5 Å². The summed E-state index contributed by atoms with van der Waals surface area (Å²) in [5.41, 5.74) is 5.44. The summed E-state index contributed by atoms with van der Waals surface area (Å²) in [5, 5.41) is 3.41. The first-order valence-electron chi connectivity index (χ1n) is 8.99. The highest BCUT2D eigenvalue weighted by Crippen LogP contribution is 2.32. The van der Waals surface area contributed by atoms with Gasteiger partial charge in [0.2, 0.25) is 0 Å². The molecular weight excluding hydrogens is 354 g/mol. The van der Waals surface area contributed by atoms with E-state index in [-0.39, 0.29) is 5.69 Å². The number of aromatic nitrogens is 2. The molecule has 0 saturated heterocycles. The van der Waals surface area contributed by atoms with Crippen LogP contribution in [0.15, 0.2) is 41.2 Å². The number of aryl methyl sites for hydroxylation is 3. The summed E-state index contributed by atoms with van der Waals surface area (Å²) in [6.45, 7) is 6.18. The Bertz CT molecular complexity index is 1060. The van der Waals surface area contributed by atoms with Gasteiger partial charge in [-0.15, -0.1) is 0 Å². The van der Waals surface area contributed by atoms with Crippen LogP contribution in [0, 0.1) is 20.8 Å². The minimum atomic E-state index is -0.336. The van der Waals surface area contributed by atoms with Crippen molar-refractivity contribution in [1.29, 1.82) is 0 Å². The van der Waals surface area contributed by atoms with Crippen LogP contribution in [0.3, 0.4) is 0 Å². The molecule has 0 unspecified atom stereocenters. The highest BCUT2D eigenvalue weighted by Gasteiger charge is 2.12. The third-order valence-corrected chi connectivity index (χ3v) is 4.75. The summed E-state index contributed by atoms with van der Waals surface area (Å²) in [6.07, 6.45) is 0. The fourth-order valence-electron chi connectivity index (χ4n) is 3.31. The van der Waals surface area contributed by atoms with Crippen LogP contribution in [0.25, 0.3) is 11.3 Å². The lowest BCUT2D eigenvalue weighted by Gasteiger charge is -2.17. The zero-order valence-corrected chi connectivity index (χ0v) is 17.1. The molecule has 2 aromatic carbocycles. The van der Waals surface area contributed by atoms with E-state index in [4.69, 9.17) is 9.47 Å². The van der Waals surface area contributed by atoms with Crippen molar-refractivity contribution < 1.29 is 9.47 Å². The van der Waals surface area contributed by atoms with Gasteiger partial charge in [0.15, 0.2) is 11.5 Å². The zero-order chi connectivity index (χ0) is 20.4. The highest BCUT2D eigenvalue weighted by atomic mass is 16.5. The van der Waals surface area contributed by atoms with Crippen molar-refractivity contribution in [3.63, 3.8) is 0 Å². The molecule has 0 amide bonds. The maximum atomic E-state index is 12.5. The summed E-state index contributed by atoms with van der Waals surface area (Å²) < 4.78 is 12.2. The van der Waals surface area contributed by atoms with Crippen molar-refractivity contribution in [3.05, 3.63) is 63.6 Å². The molecule has 6 nitrogen and oxygen atoms in total. The number of nitrogens with one attached hydrogen (secondary N) is 1. The van der Waals surface area contributed by atoms with Crippen molar-refractivity contribution in [2.45, 2.75) is 20.8 Å². The lowest BCUT2D eigenvalue weighted by molar-refractivity contribution is 0.355. The predicted molar refractivity (Wildman–Crippen MR) is 112 cm³/mol. The second-order valence-electron chi connectivity index (χ2n) is 6.84. The standard InChI is InChI=1S/C22H25N3O3/c1-13-9-14(2)21(15(3)10-13)24-20-12-17(23-22(26)25(20)4)16-7-8-18(27-5)19(11-16)28-6/h7-12,24H,1-6H3. The molecule has 3 aromatic rings. The number of nitrogens with zero attached hydrogens (tertiary/aromatic N) is 2. The Morgan fingerprint density at radius 1 is 0.929 bits per heavy atom. The number of hydrogen-bond donors (Lipinski definition) is 1. The van der Waals surface area contributed by atoms with Gasteiger partial charge in [0.05, 0.1) is 19.9 Å². The second-order valence-corrected chi connectivity index (χ2v) is 6.84. The Morgan fingerprint density at radius 3 is 2.18 bits per heavy atom. The molecule has 0 aliphatic rings. The Morgan fingerprint density at radius 2 is 1.57 bits per heavy atom. The molecule has 0 spiro atoms. The molecule has 0 aliphatic carbocycles. The van der Waals surface area contributed by atoms with E-state index in [0.717, 1.165) is 22.4 Å². The van der Waals surface area contributed by atoms with E-state index in [2.05, 4.69) is 43.2 Å². The molecule has 0 aliphatic heterocycles. The molecule has 0 saturated carbocycles. The predicted octanol–water partition coefficient (Wildman–Crippen LogP) is 4.13. The molecule has 1 heterocycles. The Kier molecular flexibility index (Phi) is 5.40. The first-order chi connectivity index (χ1) is 13.3. The van der Waals surface area contributed by atoms with Crippen molar-refractivity contribution in [1.82, 2.24) is 9.55 Å². The number of benzene rings is 2. The van der Waals surface area contributed by atoms with E-state index in [1.807, 2.05) is 18.2 Å². The van der Waals surface area contributed by atoms with Crippen molar-refractivity contribution in [3.8, 4) is 22.8 Å². The fourth-order valence-corrected chi connectivity index (χ4v) is 3.31. The van der Waals surface area contributed by atoms with Gasteiger partial charge in [-0.2, -0.15) is 4.98 Å². The monoisotopic (exact) mass is 379 g/mol. The maximum absolute atomic E-state index is 12.5. The molecule has 1 N–H and O–H groups in total. The summed E-state index contributed by atoms with van der Waals surface area (Å²) in [4.78, 5) is 16.7. The SMILES string of the molecule is COc1ccc(-c2cc(Nc3c(C)cc(C)cc3C)n(C)c(=O)n2)cc1OC. The molecule has 28 heavy (non-hydrogen) atoms. The van der Waals surface area contributed by atoms with Crippen LogP contribution < -0.4 is 20.5 Å². The number of ether oxygens (including phenoxy) is 2. The third kappa shape index (κ3) is 3.71. The van der Waals surface area contributed by atoms with E-state index < -0.39 is 0 Å². The first-order valence-corrected chi connectivity index (χ1v) is 8.99. The van der Waals surface area contributed by atoms with E-state index in [0.29, 0.717) is 23.0 Å². The van der Waals surface area contributed by atoms with Gasteiger partial charge < -0.3 is 14.8 Å². The van der Waals surface area contributed by atoms with Crippen LogP contribution in [0.4, 0.5) is 11.5 Å². The molecule has 0 fully saturated rings. The van der Waals surface area contributed by atoms with Crippen molar-refractivity contribution in [2.24, 2.45) is 7.05 Å². The van der Waals surface area contributed by atoms with E-state index >= 15 is 0 Å². The van der Waals surface area contributed by atoms with Gasteiger partial charge in [-0.1, -0.05) is 17.7 Å². The number of rotatable bonds is 5. The lowest BCUT2D eigenvalue weighted by atomic mass is 10.0. The van der Waals surface area contributed by atoms with Crippen LogP contribution in [0.2, 0.25) is 0 Å². The van der Waals surface area contributed by atoms with E-state index in [1.54, 1.807) is 27.3 Å². The average Bonchev–Trinajstić information content (AvgIpc) is 2.66. The number of anilines is 2. The van der Waals surface area contributed by atoms with Crippen LogP contribution in [-0.2, 0) is 7.05 Å². The van der Waals surface area contributed by atoms with Gasteiger partial charge in [-0.25, -0.2) is 4.79 Å². The first kappa shape index (κ1) is 19.5. The van der Waals surface area contributed by atoms with Gasteiger partial charge in [-0.05, 0) is 50.1 Å². The molecule has 1 aromatic heterocycles. The molecule has 0 bridgehead atoms. The average molecular weight is 379 g/mol. The summed E-state index contributed by atoms with van der Waals surface area (Å²) in [6, 6.07) is 11.6. The Hall–Kier alpha value is -3.28. The molecule has 146 valence electrons. The number of hydrogen-bond acceptors (Lipinski definition) is 5. The highest BCUT2D eigenvalue weighted by molar-refractivity contribution is 5.70. The minimum absolute atomic E-state index is 0.336. The minimum Gasteiger partial charge on any atom is -0.493 e. The molecule has 0 radical (unpaired) electrons. The summed E-state index contributed by atoms with van der Waals surface area (Å²) in [5.74, 6) is 1.88. The summed E-state index contributed by atoms with van der Waals surface area (Å²) >= 11 is 0. The second kappa shape index (κ2) is 7.76. The largest absolute Gasteiger partial charge is 0.493 e. The van der Waals surface area contributed by atoms with Gasteiger partial charge in [0.1, 0.15) is 5.82 Å². The van der Waals surface area contributed by atoms with Gasteiger partial charge in [0.25, 0.3) is 0 Å². The quantitative estimate of drug-likeness (QED) is 0.722. The Balaban J connectivity index is 2.09. The normalized spacial score (nSPS) is 10.6. The fraction of sp³-hybridized carbons (Fsp3) is 0.273. The topological polar surface area (TPSA) is 65.4 Å². The van der Waals surface area contributed by atoms with Crippen LogP contribution in [0.1, 0.15) is 16.7 Å². The molecular formula is C22H25N3O3.